The van der Waals surface area contributed by atoms with E-state index in [1.807, 2.05) is 36.4 Å². The molecule has 0 spiro atoms. The van der Waals surface area contributed by atoms with Crippen molar-refractivity contribution in [1.29, 1.82) is 0 Å². The minimum absolute atomic E-state index is 0.0580. The zero-order chi connectivity index (χ0) is 16.7. The maximum Gasteiger partial charge on any atom is 0.252 e. The van der Waals surface area contributed by atoms with Crippen molar-refractivity contribution in [2.24, 2.45) is 0 Å². The number of pyridine rings is 1. The highest BCUT2D eigenvalue weighted by Gasteiger charge is 2.25. The van der Waals surface area contributed by atoms with Gasteiger partial charge in [-0.2, -0.15) is 0 Å². The number of nitrogens with zero attached hydrogens (tertiary/aromatic N) is 1. The predicted octanol–water partition coefficient (Wildman–Crippen LogP) is 5.10. The van der Waals surface area contributed by atoms with Crippen LogP contribution in [0.5, 0.6) is 0 Å². The molecule has 1 aliphatic rings. The molecule has 2 aromatic carbocycles. The third kappa shape index (κ3) is 2.97. The van der Waals surface area contributed by atoms with Crippen molar-refractivity contribution in [3.63, 3.8) is 0 Å². The van der Waals surface area contributed by atoms with Gasteiger partial charge in [-0.05, 0) is 37.1 Å². The van der Waals surface area contributed by atoms with Crippen LogP contribution in [0.15, 0.2) is 48.5 Å². The highest BCUT2D eigenvalue weighted by atomic mass is 35.5. The lowest BCUT2D eigenvalue weighted by Crippen LogP contribution is -2.25. The lowest BCUT2D eigenvalue weighted by Gasteiger charge is -2.10. The highest BCUT2D eigenvalue weighted by molar-refractivity contribution is 6.42. The summed E-state index contributed by atoms with van der Waals surface area (Å²) < 4.78 is 0. The number of hydrogen-bond donors (Lipinski definition) is 1. The van der Waals surface area contributed by atoms with Gasteiger partial charge in [-0.1, -0.05) is 47.5 Å². The first-order valence-electron chi connectivity index (χ1n) is 7.78. The first-order chi connectivity index (χ1) is 11.6. The maximum atomic E-state index is 12.6. The lowest BCUT2D eigenvalue weighted by atomic mass is 10.0. The highest BCUT2D eigenvalue weighted by Crippen LogP contribution is 2.30. The van der Waals surface area contributed by atoms with Crippen molar-refractivity contribution in [3.05, 3.63) is 64.1 Å². The fraction of sp³-hybridized carbons (Fsp3) is 0.158. The molecule has 3 nitrogen and oxygen atoms in total. The molecule has 0 bridgehead atoms. The molecule has 1 amide bonds. The molecule has 24 heavy (non-hydrogen) atoms. The molecule has 1 aromatic heterocycles. The minimum atomic E-state index is -0.0580. The van der Waals surface area contributed by atoms with Crippen LogP contribution < -0.4 is 5.32 Å². The third-order valence-corrected chi connectivity index (χ3v) is 4.83. The summed E-state index contributed by atoms with van der Waals surface area (Å²) in [5.74, 6) is -0.0580. The van der Waals surface area contributed by atoms with Crippen LogP contribution in [0.2, 0.25) is 10.0 Å². The van der Waals surface area contributed by atoms with Gasteiger partial charge in [0.2, 0.25) is 0 Å². The molecule has 3 aromatic rings. The number of carbonyl (C=O) groups is 1. The van der Waals surface area contributed by atoms with Gasteiger partial charge in [0, 0.05) is 17.0 Å². The average Bonchev–Trinajstić information content (AvgIpc) is 3.40. The molecule has 1 N–H and O–H groups in total. The summed E-state index contributed by atoms with van der Waals surface area (Å²) >= 11 is 12.1. The van der Waals surface area contributed by atoms with E-state index in [0.717, 1.165) is 29.3 Å². The number of rotatable bonds is 3. The molecular formula is C19H14Cl2N2O. The molecule has 5 heteroatoms. The summed E-state index contributed by atoms with van der Waals surface area (Å²) in [6.45, 7) is 0. The van der Waals surface area contributed by atoms with E-state index in [2.05, 4.69) is 10.3 Å². The molecule has 0 unspecified atom stereocenters. The van der Waals surface area contributed by atoms with Gasteiger partial charge in [-0.3, -0.25) is 4.79 Å². The fourth-order valence-electron chi connectivity index (χ4n) is 2.66. The Morgan fingerprint density at radius 3 is 2.58 bits per heavy atom. The van der Waals surface area contributed by atoms with Gasteiger partial charge in [0.15, 0.2) is 0 Å². The Bertz CT molecular complexity index is 951. The molecule has 0 atom stereocenters. The lowest BCUT2D eigenvalue weighted by molar-refractivity contribution is 0.0952. The standard InChI is InChI=1S/C19H14Cl2N2O/c20-15-8-5-11(9-16(15)21)18-10-14(19(24)22-12-6-7-12)13-3-1-2-4-17(13)23-18/h1-5,8-10,12H,6-7H2,(H,22,24). The van der Waals surface area contributed by atoms with E-state index in [4.69, 9.17) is 23.2 Å². The van der Waals surface area contributed by atoms with E-state index < -0.39 is 0 Å². The predicted molar refractivity (Wildman–Crippen MR) is 97.7 cm³/mol. The van der Waals surface area contributed by atoms with Crippen LogP contribution in [-0.4, -0.2) is 16.9 Å². The van der Waals surface area contributed by atoms with Gasteiger partial charge in [-0.15, -0.1) is 0 Å². The van der Waals surface area contributed by atoms with Gasteiger partial charge in [0.25, 0.3) is 5.91 Å². The second-order valence-electron chi connectivity index (χ2n) is 5.95. The Balaban J connectivity index is 1.86. The van der Waals surface area contributed by atoms with Crippen LogP contribution in [0.3, 0.4) is 0 Å². The number of aromatic nitrogens is 1. The van der Waals surface area contributed by atoms with Crippen molar-refractivity contribution in [2.45, 2.75) is 18.9 Å². The molecule has 0 saturated heterocycles. The minimum Gasteiger partial charge on any atom is -0.349 e. The Morgan fingerprint density at radius 1 is 1.04 bits per heavy atom. The van der Waals surface area contributed by atoms with Crippen LogP contribution in [-0.2, 0) is 0 Å². The first-order valence-corrected chi connectivity index (χ1v) is 8.53. The SMILES string of the molecule is O=C(NC1CC1)c1cc(-c2ccc(Cl)c(Cl)c2)nc2ccccc12. The Labute approximate surface area is 149 Å². The number of amides is 1. The number of nitrogens with one attached hydrogen (secondary N) is 1. The molecule has 1 fully saturated rings. The van der Waals surface area contributed by atoms with Crippen molar-refractivity contribution < 1.29 is 4.79 Å². The van der Waals surface area contributed by atoms with E-state index in [9.17, 15) is 4.79 Å². The van der Waals surface area contributed by atoms with Crippen LogP contribution in [0, 0.1) is 0 Å². The van der Waals surface area contributed by atoms with E-state index in [-0.39, 0.29) is 5.91 Å². The number of halogens is 2. The van der Waals surface area contributed by atoms with Crippen LogP contribution in [0.4, 0.5) is 0 Å². The van der Waals surface area contributed by atoms with Crippen LogP contribution >= 0.6 is 23.2 Å². The van der Waals surface area contributed by atoms with Crippen LogP contribution in [0.25, 0.3) is 22.2 Å². The maximum absolute atomic E-state index is 12.6. The molecule has 1 aliphatic carbocycles. The number of benzene rings is 2. The largest absolute Gasteiger partial charge is 0.349 e. The Hall–Kier alpha value is -2.10. The average molecular weight is 357 g/mol. The second kappa shape index (κ2) is 6.08. The van der Waals surface area contributed by atoms with Gasteiger partial charge in [0.1, 0.15) is 0 Å². The summed E-state index contributed by atoms with van der Waals surface area (Å²) in [6, 6.07) is 15.1. The van der Waals surface area contributed by atoms with Gasteiger partial charge < -0.3 is 5.32 Å². The van der Waals surface area contributed by atoms with E-state index in [1.165, 1.54) is 0 Å². The van der Waals surface area contributed by atoms with Crippen molar-refractivity contribution >= 4 is 40.0 Å². The van der Waals surface area contributed by atoms with E-state index in [1.54, 1.807) is 12.1 Å². The summed E-state index contributed by atoms with van der Waals surface area (Å²) in [4.78, 5) is 17.3. The first kappa shape index (κ1) is 15.4. The molecule has 120 valence electrons. The summed E-state index contributed by atoms with van der Waals surface area (Å²) in [7, 11) is 0. The number of carbonyl (C=O) groups excluding carboxylic acids is 1. The summed E-state index contributed by atoms with van der Waals surface area (Å²) in [6.07, 6.45) is 2.10. The Morgan fingerprint density at radius 2 is 1.83 bits per heavy atom. The van der Waals surface area contributed by atoms with Crippen molar-refractivity contribution in [1.82, 2.24) is 10.3 Å². The quantitative estimate of drug-likeness (QED) is 0.709. The zero-order valence-electron chi connectivity index (χ0n) is 12.7. The number of fused-ring (bicyclic) bond motifs is 1. The van der Waals surface area contributed by atoms with Crippen molar-refractivity contribution in [2.75, 3.05) is 0 Å². The van der Waals surface area contributed by atoms with Gasteiger partial charge in [0.05, 0.1) is 26.8 Å². The molecule has 1 saturated carbocycles. The second-order valence-corrected chi connectivity index (χ2v) is 6.76. The third-order valence-electron chi connectivity index (χ3n) is 4.09. The number of hydrogen-bond acceptors (Lipinski definition) is 2. The molecule has 0 aliphatic heterocycles. The van der Waals surface area contributed by atoms with Gasteiger partial charge >= 0.3 is 0 Å². The molecular weight excluding hydrogens is 343 g/mol. The summed E-state index contributed by atoms with van der Waals surface area (Å²) in [5.41, 5.74) is 2.94. The smallest absolute Gasteiger partial charge is 0.252 e. The monoisotopic (exact) mass is 356 g/mol. The fourth-order valence-corrected chi connectivity index (χ4v) is 2.96. The normalized spacial score (nSPS) is 13.9. The molecule has 4 rings (SSSR count). The zero-order valence-corrected chi connectivity index (χ0v) is 14.2. The topological polar surface area (TPSA) is 42.0 Å². The Kier molecular flexibility index (Phi) is 3.91. The van der Waals surface area contributed by atoms with Crippen molar-refractivity contribution in [3.8, 4) is 11.3 Å². The van der Waals surface area contributed by atoms with E-state index >= 15 is 0 Å². The summed E-state index contributed by atoms with van der Waals surface area (Å²) in [5, 5.41) is 4.85. The number of para-hydroxylation sites is 1. The van der Waals surface area contributed by atoms with Crippen LogP contribution in [0.1, 0.15) is 23.2 Å². The molecule has 1 heterocycles. The van der Waals surface area contributed by atoms with E-state index in [0.29, 0.717) is 27.3 Å². The molecule has 0 radical (unpaired) electrons. The van der Waals surface area contributed by atoms with Gasteiger partial charge in [-0.25, -0.2) is 4.98 Å².